The largest absolute Gasteiger partial charge is 0.469 e. The maximum Gasteiger partial charge on any atom is 0.104 e. The van der Waals surface area contributed by atoms with Gasteiger partial charge in [-0.2, -0.15) is 0 Å². The van der Waals surface area contributed by atoms with Crippen LogP contribution in [0.4, 0.5) is 0 Å². The summed E-state index contributed by atoms with van der Waals surface area (Å²) in [6, 6.07) is 12.5. The number of furan rings is 1. The molecule has 0 unspecified atom stereocenters. The minimum atomic E-state index is 1.06. The van der Waals surface area contributed by atoms with Gasteiger partial charge >= 0.3 is 0 Å². The first-order chi connectivity index (χ1) is 7.90. The van der Waals surface area contributed by atoms with Gasteiger partial charge in [0.1, 0.15) is 5.76 Å². The van der Waals surface area contributed by atoms with E-state index in [-0.39, 0.29) is 0 Å². The maximum absolute atomic E-state index is 5.57. The first-order valence-corrected chi connectivity index (χ1v) is 6.03. The lowest BCUT2D eigenvalue weighted by atomic mass is 10.1. The molecule has 0 saturated heterocycles. The van der Waals surface area contributed by atoms with Crippen molar-refractivity contribution >= 4 is 0 Å². The highest BCUT2D eigenvalue weighted by Crippen LogP contribution is 2.22. The minimum absolute atomic E-state index is 1.06. The van der Waals surface area contributed by atoms with Gasteiger partial charge in [-0.1, -0.05) is 50.1 Å². The van der Waals surface area contributed by atoms with Crippen molar-refractivity contribution in [1.29, 1.82) is 0 Å². The molecule has 0 saturated carbocycles. The first-order valence-electron chi connectivity index (χ1n) is 6.03. The van der Waals surface area contributed by atoms with Crippen LogP contribution in [-0.2, 0) is 6.42 Å². The van der Waals surface area contributed by atoms with E-state index in [1.54, 1.807) is 0 Å². The average molecular weight is 214 g/mol. The van der Waals surface area contributed by atoms with Crippen LogP contribution < -0.4 is 0 Å². The normalized spacial score (nSPS) is 10.6. The number of rotatable bonds is 5. The number of unbranched alkanes of at least 4 members (excludes halogenated alkanes) is 2. The highest BCUT2D eigenvalue weighted by Gasteiger charge is 2.03. The number of aryl methyl sites for hydroxylation is 1. The van der Waals surface area contributed by atoms with Gasteiger partial charge in [0.05, 0.1) is 6.26 Å². The van der Waals surface area contributed by atoms with Gasteiger partial charge in [-0.25, -0.2) is 0 Å². The van der Waals surface area contributed by atoms with Crippen LogP contribution in [0.25, 0.3) is 11.1 Å². The summed E-state index contributed by atoms with van der Waals surface area (Å²) in [5, 5.41) is 0. The SMILES string of the molecule is CCCCCc1cc(-c2ccccc2)co1. The Morgan fingerprint density at radius 1 is 1.00 bits per heavy atom. The second-order valence-electron chi connectivity index (χ2n) is 4.12. The smallest absolute Gasteiger partial charge is 0.104 e. The molecule has 0 aliphatic rings. The van der Waals surface area contributed by atoms with E-state index in [0.717, 1.165) is 12.2 Å². The van der Waals surface area contributed by atoms with E-state index in [1.807, 2.05) is 12.3 Å². The molecule has 0 radical (unpaired) electrons. The molecule has 1 nitrogen and oxygen atoms in total. The van der Waals surface area contributed by atoms with Gasteiger partial charge in [0.2, 0.25) is 0 Å². The summed E-state index contributed by atoms with van der Waals surface area (Å²) in [6.45, 7) is 2.22. The maximum atomic E-state index is 5.57. The van der Waals surface area contributed by atoms with E-state index in [9.17, 15) is 0 Å². The predicted octanol–water partition coefficient (Wildman–Crippen LogP) is 4.68. The summed E-state index contributed by atoms with van der Waals surface area (Å²) in [7, 11) is 0. The number of hydrogen-bond acceptors (Lipinski definition) is 1. The van der Waals surface area contributed by atoms with Gasteiger partial charge in [0.15, 0.2) is 0 Å². The molecule has 0 fully saturated rings. The fourth-order valence-electron chi connectivity index (χ4n) is 1.84. The van der Waals surface area contributed by atoms with Crippen molar-refractivity contribution in [3.05, 3.63) is 48.4 Å². The summed E-state index contributed by atoms with van der Waals surface area (Å²) in [5.74, 6) is 1.10. The Morgan fingerprint density at radius 3 is 2.56 bits per heavy atom. The van der Waals surface area contributed by atoms with Crippen LogP contribution in [0.15, 0.2) is 47.1 Å². The van der Waals surface area contributed by atoms with Crippen LogP contribution >= 0.6 is 0 Å². The average Bonchev–Trinajstić information content (AvgIpc) is 2.79. The summed E-state index contributed by atoms with van der Waals surface area (Å²) in [5.41, 5.74) is 2.42. The van der Waals surface area contributed by atoms with Gasteiger partial charge in [-0.15, -0.1) is 0 Å². The Bertz CT molecular complexity index is 414. The summed E-state index contributed by atoms with van der Waals surface area (Å²) in [6.07, 6.45) is 6.67. The molecule has 1 aromatic heterocycles. The molecule has 2 aromatic rings. The van der Waals surface area contributed by atoms with Crippen LogP contribution in [0.5, 0.6) is 0 Å². The van der Waals surface area contributed by atoms with Crippen molar-refractivity contribution in [3.8, 4) is 11.1 Å². The van der Waals surface area contributed by atoms with E-state index in [0.29, 0.717) is 0 Å². The van der Waals surface area contributed by atoms with Gasteiger partial charge in [0.25, 0.3) is 0 Å². The number of hydrogen-bond donors (Lipinski definition) is 0. The van der Waals surface area contributed by atoms with E-state index in [1.165, 1.54) is 30.4 Å². The fourth-order valence-corrected chi connectivity index (χ4v) is 1.84. The van der Waals surface area contributed by atoms with Crippen molar-refractivity contribution in [2.45, 2.75) is 32.6 Å². The third kappa shape index (κ3) is 2.75. The van der Waals surface area contributed by atoms with E-state index < -0.39 is 0 Å². The van der Waals surface area contributed by atoms with Crippen molar-refractivity contribution in [2.75, 3.05) is 0 Å². The Kier molecular flexibility index (Phi) is 3.81. The van der Waals surface area contributed by atoms with Gasteiger partial charge in [0, 0.05) is 12.0 Å². The van der Waals surface area contributed by atoms with Gasteiger partial charge in [-0.05, 0) is 18.1 Å². The molecule has 1 heteroatoms. The van der Waals surface area contributed by atoms with Gasteiger partial charge in [-0.3, -0.25) is 0 Å². The first kappa shape index (κ1) is 11.0. The molecule has 16 heavy (non-hydrogen) atoms. The zero-order valence-corrected chi connectivity index (χ0v) is 9.78. The van der Waals surface area contributed by atoms with E-state index in [2.05, 4.69) is 37.3 Å². The van der Waals surface area contributed by atoms with Crippen LogP contribution in [0.1, 0.15) is 31.9 Å². The second-order valence-corrected chi connectivity index (χ2v) is 4.12. The van der Waals surface area contributed by atoms with Crippen LogP contribution in [0.3, 0.4) is 0 Å². The van der Waals surface area contributed by atoms with Crippen molar-refractivity contribution in [3.63, 3.8) is 0 Å². The highest BCUT2D eigenvalue weighted by atomic mass is 16.3. The molecule has 2 rings (SSSR count). The lowest BCUT2D eigenvalue weighted by Crippen LogP contribution is -1.80. The molecule has 1 heterocycles. The molecule has 0 aliphatic heterocycles. The summed E-state index contributed by atoms with van der Waals surface area (Å²) < 4.78 is 5.57. The zero-order chi connectivity index (χ0) is 11.2. The molecule has 0 atom stereocenters. The standard InChI is InChI=1S/C15H18O/c1-2-3-5-10-15-11-14(12-16-15)13-8-6-4-7-9-13/h4,6-9,11-12H,2-3,5,10H2,1H3. The quantitative estimate of drug-likeness (QED) is 0.659. The second kappa shape index (κ2) is 5.55. The Labute approximate surface area is 97.1 Å². The Hall–Kier alpha value is -1.50. The van der Waals surface area contributed by atoms with Crippen molar-refractivity contribution < 1.29 is 4.42 Å². The molecule has 1 aromatic carbocycles. The molecular formula is C15H18O. The van der Waals surface area contributed by atoms with Crippen LogP contribution in [0, 0.1) is 0 Å². The van der Waals surface area contributed by atoms with Crippen molar-refractivity contribution in [1.82, 2.24) is 0 Å². The molecule has 0 spiro atoms. The third-order valence-electron chi connectivity index (χ3n) is 2.79. The molecule has 0 bridgehead atoms. The molecule has 0 aliphatic carbocycles. The zero-order valence-electron chi connectivity index (χ0n) is 9.78. The molecular weight excluding hydrogens is 196 g/mol. The lowest BCUT2D eigenvalue weighted by Gasteiger charge is -1.94. The topological polar surface area (TPSA) is 13.1 Å². The summed E-state index contributed by atoms with van der Waals surface area (Å²) in [4.78, 5) is 0. The monoisotopic (exact) mass is 214 g/mol. The number of benzene rings is 1. The van der Waals surface area contributed by atoms with Gasteiger partial charge < -0.3 is 4.42 Å². The van der Waals surface area contributed by atoms with E-state index in [4.69, 9.17) is 4.42 Å². The highest BCUT2D eigenvalue weighted by molar-refractivity contribution is 5.62. The Morgan fingerprint density at radius 2 is 1.81 bits per heavy atom. The van der Waals surface area contributed by atoms with Crippen LogP contribution in [0.2, 0.25) is 0 Å². The molecule has 0 N–H and O–H groups in total. The lowest BCUT2D eigenvalue weighted by molar-refractivity contribution is 0.497. The third-order valence-corrected chi connectivity index (χ3v) is 2.79. The van der Waals surface area contributed by atoms with Crippen LogP contribution in [-0.4, -0.2) is 0 Å². The molecule has 84 valence electrons. The Balaban J connectivity index is 2.02. The molecule has 0 amide bonds. The minimum Gasteiger partial charge on any atom is -0.469 e. The van der Waals surface area contributed by atoms with E-state index >= 15 is 0 Å². The predicted molar refractivity (Wildman–Crippen MR) is 67.4 cm³/mol. The summed E-state index contributed by atoms with van der Waals surface area (Å²) >= 11 is 0. The van der Waals surface area contributed by atoms with Crippen molar-refractivity contribution in [2.24, 2.45) is 0 Å². The fraction of sp³-hybridized carbons (Fsp3) is 0.333.